The maximum Gasteiger partial charge on any atom is 1.00 e. The van der Waals surface area contributed by atoms with E-state index in [1.807, 2.05) is 0 Å². The number of nitrogen functional groups attached to an aromatic ring is 1. The number of anilines is 1. The molecule has 0 aliphatic heterocycles. The van der Waals surface area contributed by atoms with Crippen molar-refractivity contribution in [1.29, 1.82) is 0 Å². The van der Waals surface area contributed by atoms with Crippen LogP contribution in [0.3, 0.4) is 0 Å². The average Bonchev–Trinajstić information content (AvgIpc) is 2.93. The molecule has 0 saturated carbocycles. The summed E-state index contributed by atoms with van der Waals surface area (Å²) < 4.78 is 70.3. The van der Waals surface area contributed by atoms with Crippen LogP contribution in [-0.4, -0.2) is 51.0 Å². The maximum atomic E-state index is 13.6. The van der Waals surface area contributed by atoms with Gasteiger partial charge in [0.15, 0.2) is 0 Å². The molecule has 4 rings (SSSR count). The van der Waals surface area contributed by atoms with Crippen LogP contribution in [0.15, 0.2) is 63.2 Å². The number of unbranched alkanes of at least 4 members (excludes halogenated alkanes) is 1. The third-order valence-corrected chi connectivity index (χ3v) is 9.74. The Morgan fingerprint density at radius 2 is 1.54 bits per heavy atom. The predicted molar refractivity (Wildman–Crippen MR) is 154 cm³/mol. The first-order chi connectivity index (χ1) is 20.2. The van der Waals surface area contributed by atoms with E-state index in [1.54, 1.807) is 0 Å². The van der Waals surface area contributed by atoms with Gasteiger partial charge in [-0.1, -0.05) is 30.8 Å². The Balaban J connectivity index is 0.00000353. The fourth-order valence-electron chi connectivity index (χ4n) is 4.78. The summed E-state index contributed by atoms with van der Waals surface area (Å²) in [5.41, 5.74) is 6.53. The van der Waals surface area contributed by atoms with Crippen molar-refractivity contribution >= 4 is 82.1 Å². The van der Waals surface area contributed by atoms with Gasteiger partial charge >= 0.3 is 94.6 Å². The second-order valence-electron chi connectivity index (χ2n) is 9.63. The first-order valence-corrected chi connectivity index (χ1v) is 16.1. The van der Waals surface area contributed by atoms with Gasteiger partial charge in [-0.05, 0) is 49.1 Å². The average molecular weight is 721 g/mol. The van der Waals surface area contributed by atoms with Crippen LogP contribution in [0.5, 0.6) is 0 Å². The van der Waals surface area contributed by atoms with Crippen molar-refractivity contribution in [3.05, 3.63) is 48.6 Å². The minimum Gasteiger partial charge on any atom is -0.744 e. The second kappa shape index (κ2) is 17.9. The predicted octanol–water partition coefficient (Wildman–Crippen LogP) is -7.09. The van der Waals surface area contributed by atoms with Crippen LogP contribution >= 0.6 is 12.0 Å². The zero-order valence-corrected chi connectivity index (χ0v) is 33.9. The molecule has 4 aromatic carbocycles. The molecule has 46 heavy (non-hydrogen) atoms. The molecule has 0 heterocycles. The molecular formula is C26H25N3Na3O11S3+. The van der Waals surface area contributed by atoms with Crippen LogP contribution in [0.4, 0.5) is 5.69 Å². The number of carboxylic acids is 1. The van der Waals surface area contributed by atoms with E-state index in [2.05, 4.69) is 26.0 Å². The Morgan fingerprint density at radius 3 is 2.11 bits per heavy atom. The standard InChI is InChI=1S/C26H27N3O11S3.3Na/c1-13(2)25(30)28-10-4-3-5-19(26(31)32)29-42(34,35)21-11-18(27)14-6-8-17-22(43(36,37)38)12-20(41-40-39-33)15-7-9-16(21)23(14)24(15)17;;;/h6-9,11-12,19,29,33H,1,3-5,10,27H2,2H3,(H,28,30)(H,31,32)(H,36,37,38);;;/q;3*+1/p-2. The molecule has 1 atom stereocenters. The zero-order valence-electron chi connectivity index (χ0n) is 25.4. The van der Waals surface area contributed by atoms with Crippen molar-refractivity contribution in [3.63, 3.8) is 0 Å². The van der Waals surface area contributed by atoms with Gasteiger partial charge in [-0.3, -0.25) is 14.6 Å². The van der Waals surface area contributed by atoms with Gasteiger partial charge in [-0.2, -0.15) is 9.06 Å². The van der Waals surface area contributed by atoms with Crippen molar-refractivity contribution in [2.45, 2.75) is 46.9 Å². The van der Waals surface area contributed by atoms with E-state index in [1.165, 1.54) is 31.2 Å². The number of carbonyl (C=O) groups is 2. The molecular weight excluding hydrogens is 695 g/mol. The maximum absolute atomic E-state index is 13.6. The number of benzene rings is 4. The Bertz CT molecular complexity index is 1980. The van der Waals surface area contributed by atoms with Gasteiger partial charge in [0, 0.05) is 44.2 Å². The molecule has 4 aromatic rings. The summed E-state index contributed by atoms with van der Waals surface area (Å²) in [4.78, 5) is 22.6. The SMILES string of the molecule is C=C(C)C(=O)NCCCCC(NS(=O)(=O)c1cc(N)c2ccc3c(S(=O)(=O)[O-])cc(SOO[O-])c4ccc1c2c43)C(=O)O.[Na+].[Na+].[Na+]. The third kappa shape index (κ3) is 9.57. The molecule has 0 aromatic heterocycles. The molecule has 0 aliphatic rings. The number of aliphatic carboxylic acids is 1. The van der Waals surface area contributed by atoms with Crippen molar-refractivity contribution in [2.24, 2.45) is 0 Å². The molecule has 1 amide bonds. The first-order valence-electron chi connectivity index (χ1n) is 12.5. The zero-order chi connectivity index (χ0) is 31.7. The van der Waals surface area contributed by atoms with E-state index in [4.69, 9.17) is 5.73 Å². The van der Waals surface area contributed by atoms with Crippen LogP contribution < -0.4 is 110 Å². The number of sulfonamides is 1. The second-order valence-corrected chi connectivity index (χ2v) is 13.4. The summed E-state index contributed by atoms with van der Waals surface area (Å²) in [6.07, 6.45) is 0.549. The quantitative estimate of drug-likeness (QED) is 0.0109. The third-order valence-electron chi connectivity index (χ3n) is 6.72. The van der Waals surface area contributed by atoms with Gasteiger partial charge in [0.25, 0.3) is 0 Å². The molecule has 0 aliphatic carbocycles. The van der Waals surface area contributed by atoms with E-state index in [9.17, 15) is 41.3 Å². The van der Waals surface area contributed by atoms with Crippen molar-refractivity contribution < 1.29 is 139 Å². The Labute approximate surface area is 335 Å². The normalized spacial score (nSPS) is 12.2. The molecule has 0 saturated heterocycles. The molecule has 0 fully saturated rings. The number of amides is 1. The molecule has 1 unspecified atom stereocenters. The minimum absolute atomic E-state index is 0. The monoisotopic (exact) mass is 720 g/mol. The topological polar surface area (TPSA) is 237 Å². The molecule has 230 valence electrons. The summed E-state index contributed by atoms with van der Waals surface area (Å²) in [5, 5.41) is 27.2. The molecule has 5 N–H and O–H groups in total. The van der Waals surface area contributed by atoms with Gasteiger partial charge < -0.3 is 26.0 Å². The van der Waals surface area contributed by atoms with E-state index in [-0.39, 0.29) is 151 Å². The van der Waals surface area contributed by atoms with Crippen LogP contribution in [0.2, 0.25) is 0 Å². The number of rotatable bonds is 14. The summed E-state index contributed by atoms with van der Waals surface area (Å²) >= 11 is 0.350. The van der Waals surface area contributed by atoms with Gasteiger partial charge in [0.2, 0.25) is 15.9 Å². The summed E-state index contributed by atoms with van der Waals surface area (Å²) in [5.74, 6) is -1.77. The van der Waals surface area contributed by atoms with Crippen LogP contribution in [0.25, 0.3) is 32.3 Å². The number of nitrogens with two attached hydrogens (primary N) is 1. The number of hydrogen-bond acceptors (Lipinski definition) is 12. The first kappa shape index (κ1) is 43.5. The minimum atomic E-state index is -5.06. The largest absolute Gasteiger partial charge is 1.00 e. The fraction of sp³-hybridized carbons (Fsp3) is 0.231. The molecule has 14 nitrogen and oxygen atoms in total. The van der Waals surface area contributed by atoms with E-state index < -0.39 is 37.0 Å². The number of carbonyl (C=O) groups excluding carboxylic acids is 1. The summed E-state index contributed by atoms with van der Waals surface area (Å²) in [6.45, 7) is 5.30. The molecule has 20 heteroatoms. The smallest absolute Gasteiger partial charge is 0.744 e. The van der Waals surface area contributed by atoms with Crippen LogP contribution in [0, 0.1) is 0 Å². The van der Waals surface area contributed by atoms with Crippen molar-refractivity contribution in [1.82, 2.24) is 10.0 Å². The summed E-state index contributed by atoms with van der Waals surface area (Å²) in [7, 11) is -9.61. The van der Waals surface area contributed by atoms with Gasteiger partial charge in [-0.25, -0.2) is 16.8 Å². The molecule has 0 bridgehead atoms. The Morgan fingerprint density at radius 1 is 0.978 bits per heavy atom. The number of nitrogens with one attached hydrogen (secondary N) is 2. The molecule has 0 spiro atoms. The Kier molecular flexibility index (Phi) is 16.9. The number of carboxylic acid groups (broad SMARTS) is 1. The van der Waals surface area contributed by atoms with Gasteiger partial charge in [0.1, 0.15) is 16.2 Å². The van der Waals surface area contributed by atoms with Crippen molar-refractivity contribution in [2.75, 3.05) is 12.3 Å². The van der Waals surface area contributed by atoms with Gasteiger partial charge in [-0.15, -0.1) is 0 Å². The van der Waals surface area contributed by atoms with E-state index in [0.717, 1.165) is 12.1 Å². The van der Waals surface area contributed by atoms with Crippen LogP contribution in [0.1, 0.15) is 26.2 Å². The Hall–Kier alpha value is -0.550. The van der Waals surface area contributed by atoms with Crippen molar-refractivity contribution in [3.8, 4) is 0 Å². The summed E-state index contributed by atoms with van der Waals surface area (Å²) in [6, 6.07) is 6.29. The van der Waals surface area contributed by atoms with Gasteiger partial charge in [0.05, 0.1) is 21.8 Å². The molecule has 0 radical (unpaired) electrons. The fourth-order valence-corrected chi connectivity index (χ4v) is 7.55. The van der Waals surface area contributed by atoms with E-state index >= 15 is 0 Å². The van der Waals surface area contributed by atoms with Crippen LogP contribution in [-0.2, 0) is 39.1 Å². The van der Waals surface area contributed by atoms with E-state index in [0.29, 0.717) is 34.8 Å². The number of hydrogen-bond donors (Lipinski definition) is 4.